The number of para-hydroxylation sites is 1. The van der Waals surface area contributed by atoms with E-state index in [2.05, 4.69) is 10.9 Å². The molecule has 0 radical (unpaired) electrons. The normalized spacial score (nSPS) is 11.4. The van der Waals surface area contributed by atoms with Crippen LogP contribution in [0, 0.1) is 29.4 Å². The summed E-state index contributed by atoms with van der Waals surface area (Å²) in [6.07, 6.45) is 5.43. The summed E-state index contributed by atoms with van der Waals surface area (Å²) in [5.41, 5.74) is 1.64. The summed E-state index contributed by atoms with van der Waals surface area (Å²) >= 11 is 1.33. The van der Waals surface area contributed by atoms with E-state index in [-0.39, 0.29) is 17.8 Å². The Morgan fingerprint density at radius 3 is 2.84 bits per heavy atom. The minimum absolute atomic E-state index is 0.0478. The molecule has 0 saturated heterocycles. The average molecular weight is 351 g/mol. The molecule has 0 unspecified atom stereocenters. The highest BCUT2D eigenvalue weighted by molar-refractivity contribution is 7.16. The second-order valence-electron chi connectivity index (χ2n) is 5.34. The number of nitro groups is 1. The van der Waals surface area contributed by atoms with E-state index >= 15 is 0 Å². The van der Waals surface area contributed by atoms with Crippen LogP contribution in [-0.4, -0.2) is 15.4 Å². The number of aryl methyl sites for hydroxylation is 1. The van der Waals surface area contributed by atoms with Crippen LogP contribution in [-0.2, 0) is 6.54 Å². The Morgan fingerprint density at radius 1 is 1.36 bits per heavy atom. The predicted octanol–water partition coefficient (Wildman–Crippen LogP) is 3.29. The fourth-order valence-electron chi connectivity index (χ4n) is 2.47. The van der Waals surface area contributed by atoms with Crippen LogP contribution in [0.3, 0.4) is 0 Å². The molecule has 0 saturated carbocycles. The van der Waals surface area contributed by atoms with Crippen LogP contribution in [0.2, 0.25) is 0 Å². The quantitative estimate of drug-likeness (QED) is 0.413. The summed E-state index contributed by atoms with van der Waals surface area (Å²) in [5.74, 6) is 1.88. The van der Waals surface area contributed by atoms with Gasteiger partial charge in [0.15, 0.2) is 4.80 Å². The lowest BCUT2D eigenvalue weighted by Crippen LogP contribution is -2.16. The van der Waals surface area contributed by atoms with E-state index in [1.54, 1.807) is 10.6 Å². The standard InChI is InChI=1S/C18H13N3O3S/c1-3-10-20-15-9-8-12(2)11-16(15)25-18(20)19-17(22)13-6-4-5-7-14(13)21(23)24/h1,4-9,11H,10H2,2H3. The summed E-state index contributed by atoms with van der Waals surface area (Å²) in [5, 5.41) is 11.1. The molecule has 0 spiro atoms. The van der Waals surface area contributed by atoms with E-state index in [0.29, 0.717) is 4.80 Å². The number of nitrogens with zero attached hydrogens (tertiary/aromatic N) is 3. The van der Waals surface area contributed by atoms with Gasteiger partial charge in [-0.3, -0.25) is 14.9 Å². The molecule has 25 heavy (non-hydrogen) atoms. The van der Waals surface area contributed by atoms with Crippen LogP contribution < -0.4 is 4.80 Å². The zero-order valence-corrected chi connectivity index (χ0v) is 14.1. The fourth-order valence-corrected chi connectivity index (χ4v) is 3.60. The lowest BCUT2D eigenvalue weighted by Gasteiger charge is -2.00. The Kier molecular flexibility index (Phi) is 4.46. The molecule has 0 aliphatic carbocycles. The third kappa shape index (κ3) is 3.20. The molecule has 7 heteroatoms. The molecule has 0 bridgehead atoms. The predicted molar refractivity (Wildman–Crippen MR) is 96.4 cm³/mol. The zero-order valence-electron chi connectivity index (χ0n) is 13.3. The molecule has 0 fully saturated rings. The Balaban J connectivity index is 2.19. The molecule has 0 aliphatic heterocycles. The first-order valence-electron chi connectivity index (χ1n) is 7.37. The highest BCUT2D eigenvalue weighted by atomic mass is 32.1. The van der Waals surface area contributed by atoms with Crippen LogP contribution in [0.25, 0.3) is 10.2 Å². The Morgan fingerprint density at radius 2 is 2.12 bits per heavy atom. The van der Waals surface area contributed by atoms with Crippen molar-refractivity contribution >= 4 is 33.1 Å². The van der Waals surface area contributed by atoms with Crippen molar-refractivity contribution in [2.24, 2.45) is 4.99 Å². The molecule has 1 heterocycles. The van der Waals surface area contributed by atoms with Crippen molar-refractivity contribution in [1.29, 1.82) is 0 Å². The molecule has 0 atom stereocenters. The first-order chi connectivity index (χ1) is 12.0. The van der Waals surface area contributed by atoms with Gasteiger partial charge in [-0.25, -0.2) is 0 Å². The van der Waals surface area contributed by atoms with Crippen molar-refractivity contribution in [1.82, 2.24) is 4.57 Å². The molecule has 0 aliphatic rings. The van der Waals surface area contributed by atoms with Crippen LogP contribution in [0.15, 0.2) is 47.5 Å². The zero-order chi connectivity index (χ0) is 18.0. The summed E-state index contributed by atoms with van der Waals surface area (Å²) < 4.78 is 2.70. The first kappa shape index (κ1) is 16.6. The maximum atomic E-state index is 12.5. The maximum absolute atomic E-state index is 12.5. The average Bonchev–Trinajstić information content (AvgIpc) is 2.91. The van der Waals surface area contributed by atoms with Gasteiger partial charge in [-0.15, -0.1) is 6.42 Å². The van der Waals surface area contributed by atoms with Gasteiger partial charge in [0, 0.05) is 6.07 Å². The number of terminal acetylenes is 1. The second kappa shape index (κ2) is 6.71. The van der Waals surface area contributed by atoms with E-state index in [1.807, 2.05) is 25.1 Å². The minimum atomic E-state index is -0.665. The third-order valence-electron chi connectivity index (χ3n) is 3.62. The summed E-state index contributed by atoms with van der Waals surface area (Å²) in [4.78, 5) is 27.5. The molecule has 1 aromatic heterocycles. The van der Waals surface area contributed by atoms with Crippen molar-refractivity contribution in [2.75, 3.05) is 0 Å². The molecule has 124 valence electrons. The number of aromatic nitrogens is 1. The highest BCUT2D eigenvalue weighted by Gasteiger charge is 2.19. The molecule has 6 nitrogen and oxygen atoms in total. The summed E-state index contributed by atoms with van der Waals surface area (Å²) in [7, 11) is 0. The first-order valence-corrected chi connectivity index (χ1v) is 8.19. The van der Waals surface area contributed by atoms with Gasteiger partial charge in [-0.05, 0) is 30.7 Å². The number of thiazole rings is 1. The topological polar surface area (TPSA) is 77.5 Å². The number of amides is 1. The van der Waals surface area contributed by atoms with Crippen molar-refractivity contribution in [3.8, 4) is 12.3 Å². The van der Waals surface area contributed by atoms with Crippen LogP contribution in [0.5, 0.6) is 0 Å². The van der Waals surface area contributed by atoms with Crippen LogP contribution in [0.4, 0.5) is 5.69 Å². The van der Waals surface area contributed by atoms with E-state index in [1.165, 1.54) is 29.5 Å². The van der Waals surface area contributed by atoms with Crippen LogP contribution in [0.1, 0.15) is 15.9 Å². The van der Waals surface area contributed by atoms with Crippen molar-refractivity contribution < 1.29 is 9.72 Å². The molecular formula is C18H13N3O3S. The van der Waals surface area contributed by atoms with Crippen LogP contribution >= 0.6 is 11.3 Å². The number of carbonyl (C=O) groups is 1. The minimum Gasteiger partial charge on any atom is -0.305 e. The fraction of sp³-hybridized carbons (Fsp3) is 0.111. The molecule has 1 amide bonds. The van der Waals surface area contributed by atoms with Gasteiger partial charge in [0.25, 0.3) is 11.6 Å². The third-order valence-corrected chi connectivity index (χ3v) is 4.66. The number of nitro benzene ring substituents is 1. The van der Waals surface area contributed by atoms with E-state index in [0.717, 1.165) is 15.8 Å². The number of carbonyl (C=O) groups excluding carboxylic acids is 1. The van der Waals surface area contributed by atoms with Gasteiger partial charge in [0.05, 0.1) is 21.7 Å². The van der Waals surface area contributed by atoms with E-state index in [9.17, 15) is 14.9 Å². The second-order valence-corrected chi connectivity index (χ2v) is 6.35. The molecular weight excluding hydrogens is 338 g/mol. The Labute approximate surface area is 147 Å². The van der Waals surface area contributed by atoms with E-state index in [4.69, 9.17) is 6.42 Å². The summed E-state index contributed by atoms with van der Waals surface area (Å²) in [6.45, 7) is 2.23. The molecule has 3 rings (SSSR count). The smallest absolute Gasteiger partial charge is 0.286 e. The van der Waals surface area contributed by atoms with Gasteiger partial charge in [0.1, 0.15) is 5.56 Å². The van der Waals surface area contributed by atoms with Gasteiger partial charge < -0.3 is 4.57 Å². The molecule has 3 aromatic rings. The van der Waals surface area contributed by atoms with Crippen molar-refractivity contribution in [3.63, 3.8) is 0 Å². The number of hydrogen-bond acceptors (Lipinski definition) is 4. The summed E-state index contributed by atoms with van der Waals surface area (Å²) in [6, 6.07) is 11.6. The Bertz CT molecular complexity index is 1100. The van der Waals surface area contributed by atoms with E-state index < -0.39 is 10.8 Å². The SMILES string of the molecule is C#CCn1c(=NC(=O)c2ccccc2[N+](=O)[O-])sc2cc(C)ccc21. The number of rotatable bonds is 3. The van der Waals surface area contributed by atoms with Gasteiger partial charge in [-0.2, -0.15) is 4.99 Å². The van der Waals surface area contributed by atoms with Gasteiger partial charge >= 0.3 is 0 Å². The maximum Gasteiger partial charge on any atom is 0.286 e. The monoisotopic (exact) mass is 351 g/mol. The number of fused-ring (bicyclic) bond motifs is 1. The number of benzene rings is 2. The lowest BCUT2D eigenvalue weighted by atomic mass is 10.2. The highest BCUT2D eigenvalue weighted by Crippen LogP contribution is 2.21. The van der Waals surface area contributed by atoms with Crippen molar-refractivity contribution in [2.45, 2.75) is 13.5 Å². The molecule has 0 N–H and O–H groups in total. The lowest BCUT2D eigenvalue weighted by molar-refractivity contribution is -0.385. The Hall–Kier alpha value is -3.24. The van der Waals surface area contributed by atoms with Crippen molar-refractivity contribution in [3.05, 3.63) is 68.5 Å². The largest absolute Gasteiger partial charge is 0.305 e. The number of hydrogen-bond donors (Lipinski definition) is 0. The van der Waals surface area contributed by atoms with Gasteiger partial charge in [-0.1, -0.05) is 35.5 Å². The molecule has 2 aromatic carbocycles. The van der Waals surface area contributed by atoms with Gasteiger partial charge in [0.2, 0.25) is 0 Å².